The molecular formula is C27H39NOSi4. The van der Waals surface area contributed by atoms with Gasteiger partial charge in [0, 0.05) is 45.3 Å². The first-order chi connectivity index (χ1) is 15.2. The molecule has 0 aliphatic carbocycles. The molecule has 2 heterocycles. The highest BCUT2D eigenvalue weighted by molar-refractivity contribution is 7.92. The Balaban J connectivity index is 1.89. The molecule has 2 aromatic heterocycles. The number of rotatable bonds is 5. The van der Waals surface area contributed by atoms with Gasteiger partial charge in [-0.1, -0.05) is 83.2 Å². The van der Waals surface area contributed by atoms with Crippen molar-refractivity contribution in [3.63, 3.8) is 0 Å². The number of aromatic nitrogens is 1. The van der Waals surface area contributed by atoms with Gasteiger partial charge in [0.15, 0.2) is 0 Å². The third kappa shape index (κ3) is 3.75. The lowest BCUT2D eigenvalue weighted by Gasteiger charge is -2.58. The third-order valence-electron chi connectivity index (χ3n) is 7.56. The Labute approximate surface area is 202 Å². The van der Waals surface area contributed by atoms with E-state index in [2.05, 4.69) is 108 Å². The van der Waals surface area contributed by atoms with Crippen LogP contribution in [0.15, 0.2) is 59.1 Å². The molecule has 6 heteroatoms. The number of aryl methyl sites for hydroxylation is 1. The minimum Gasteiger partial charge on any atom is -0.456 e. The van der Waals surface area contributed by atoms with Crippen LogP contribution in [0, 0.1) is 6.92 Å². The normalized spacial score (nSPS) is 13.8. The second-order valence-electron chi connectivity index (χ2n) is 12.7. The number of para-hydroxylation sites is 1. The molecule has 2 nitrogen and oxygen atoms in total. The highest BCUT2D eigenvalue weighted by atomic mass is 29.9. The van der Waals surface area contributed by atoms with E-state index in [1.807, 2.05) is 12.1 Å². The lowest BCUT2D eigenvalue weighted by molar-refractivity contribution is 0.669. The molecule has 33 heavy (non-hydrogen) atoms. The van der Waals surface area contributed by atoms with Gasteiger partial charge in [-0.25, -0.2) is 0 Å². The molecule has 0 radical (unpaired) electrons. The largest absolute Gasteiger partial charge is 0.456 e. The molecule has 4 aromatic rings. The van der Waals surface area contributed by atoms with Gasteiger partial charge < -0.3 is 4.42 Å². The van der Waals surface area contributed by atoms with Crippen LogP contribution in [0.1, 0.15) is 5.56 Å². The van der Waals surface area contributed by atoms with Crippen LogP contribution in [-0.4, -0.2) is 34.4 Å². The molecule has 0 aliphatic heterocycles. The molecule has 0 spiro atoms. The van der Waals surface area contributed by atoms with Crippen molar-refractivity contribution >= 4 is 56.5 Å². The van der Waals surface area contributed by atoms with E-state index in [0.717, 1.165) is 22.4 Å². The molecule has 174 valence electrons. The summed E-state index contributed by atoms with van der Waals surface area (Å²) in [5, 5.41) is 4.02. The Kier molecular flexibility index (Phi) is 5.84. The molecule has 0 fully saturated rings. The summed E-state index contributed by atoms with van der Waals surface area (Å²) in [6.45, 7) is 24.5. The topological polar surface area (TPSA) is 26.0 Å². The monoisotopic (exact) mass is 505 g/mol. The Morgan fingerprint density at radius 2 is 1.24 bits per heavy atom. The van der Waals surface area contributed by atoms with E-state index in [1.165, 1.54) is 16.3 Å². The molecule has 0 atom stereocenters. The molecule has 0 amide bonds. The molecular weight excluding hydrogens is 467 g/mol. The molecule has 0 bridgehead atoms. The minimum absolute atomic E-state index is 0.937. The maximum Gasteiger partial charge on any atom is 0.136 e. The summed E-state index contributed by atoms with van der Waals surface area (Å²) in [6, 6.07) is 17.2. The van der Waals surface area contributed by atoms with E-state index in [1.54, 1.807) is 5.19 Å². The Morgan fingerprint density at radius 3 is 1.82 bits per heavy atom. The minimum atomic E-state index is -1.68. The number of fused-ring (bicyclic) bond motifs is 3. The fourth-order valence-electron chi connectivity index (χ4n) is 7.58. The van der Waals surface area contributed by atoms with Gasteiger partial charge in [0.2, 0.25) is 0 Å². The average Bonchev–Trinajstić information content (AvgIpc) is 3.04. The fourth-order valence-corrected chi connectivity index (χ4v) is 108. The summed E-state index contributed by atoms with van der Waals surface area (Å²) < 4.78 is 6.15. The van der Waals surface area contributed by atoms with Gasteiger partial charge in [-0.05, 0) is 41.9 Å². The van der Waals surface area contributed by atoms with Gasteiger partial charge in [-0.2, -0.15) is 0 Å². The lowest BCUT2D eigenvalue weighted by atomic mass is 10.1. The zero-order valence-electron chi connectivity index (χ0n) is 22.1. The van der Waals surface area contributed by atoms with Crippen LogP contribution in [0.3, 0.4) is 0 Å². The van der Waals surface area contributed by atoms with Crippen LogP contribution in [0.4, 0.5) is 0 Å². The molecule has 0 aliphatic rings. The number of hydrogen-bond acceptors (Lipinski definition) is 2. The highest BCUT2D eigenvalue weighted by Gasteiger charge is 2.63. The van der Waals surface area contributed by atoms with Crippen molar-refractivity contribution in [3.05, 3.63) is 60.3 Å². The van der Waals surface area contributed by atoms with Crippen molar-refractivity contribution in [2.24, 2.45) is 0 Å². The Bertz CT molecular complexity index is 1300. The predicted molar refractivity (Wildman–Crippen MR) is 157 cm³/mol. The van der Waals surface area contributed by atoms with Crippen LogP contribution in [0.5, 0.6) is 0 Å². The first-order valence-electron chi connectivity index (χ1n) is 12.1. The highest BCUT2D eigenvalue weighted by Crippen LogP contribution is 2.38. The number of hydrogen-bond donors (Lipinski definition) is 0. The molecule has 4 rings (SSSR count). The van der Waals surface area contributed by atoms with Crippen molar-refractivity contribution in [1.82, 2.24) is 4.98 Å². The summed E-state index contributed by atoms with van der Waals surface area (Å²) in [6.07, 6.45) is 2.31. The van der Waals surface area contributed by atoms with Gasteiger partial charge in [0.05, 0.1) is 12.3 Å². The van der Waals surface area contributed by atoms with Crippen molar-refractivity contribution < 1.29 is 4.42 Å². The number of nitrogens with zero attached hydrogens (tertiary/aromatic N) is 1. The van der Waals surface area contributed by atoms with Gasteiger partial charge in [-0.15, -0.1) is 0 Å². The van der Waals surface area contributed by atoms with E-state index in [4.69, 9.17) is 9.40 Å². The second kappa shape index (κ2) is 7.90. The average molecular weight is 506 g/mol. The summed E-state index contributed by atoms with van der Waals surface area (Å²) in [7, 11) is -4.27. The van der Waals surface area contributed by atoms with Crippen molar-refractivity contribution in [2.75, 3.05) is 0 Å². The van der Waals surface area contributed by atoms with Gasteiger partial charge in [0.25, 0.3) is 0 Å². The summed E-state index contributed by atoms with van der Waals surface area (Å²) in [5.41, 5.74) is 5.54. The Hall–Kier alpha value is -1.74. The van der Waals surface area contributed by atoms with E-state index >= 15 is 0 Å². The SMILES string of the molecule is Cc1cc(-c2ccc3c(c2)oc2ccccc23)ncc1[Si]([Si](C)(C)C)([Si](C)(C)C)[Si](C)(C)C. The van der Waals surface area contributed by atoms with Crippen LogP contribution in [-0.2, 0) is 0 Å². The van der Waals surface area contributed by atoms with Gasteiger partial charge in [-0.3, -0.25) is 4.98 Å². The standard InChI is InChI=1S/C27H39NOSi4/c1-20-17-24(21-15-16-23-22-13-11-12-14-25(22)29-26(23)18-21)28-19-27(20)33(30(2,3)4,31(5,6)7)32(8,9)10/h11-19H,1-10H3. The van der Waals surface area contributed by atoms with Crippen LogP contribution >= 0.6 is 0 Å². The summed E-state index contributed by atoms with van der Waals surface area (Å²) in [5.74, 6) is 0. The summed E-state index contributed by atoms with van der Waals surface area (Å²) >= 11 is 0. The molecule has 0 saturated heterocycles. The fraction of sp³-hybridized carbons (Fsp3) is 0.370. The van der Waals surface area contributed by atoms with Crippen LogP contribution in [0.25, 0.3) is 33.2 Å². The Morgan fingerprint density at radius 1 is 0.667 bits per heavy atom. The zero-order valence-corrected chi connectivity index (χ0v) is 26.1. The number of furan rings is 1. The van der Waals surface area contributed by atoms with Gasteiger partial charge in [0.1, 0.15) is 11.2 Å². The van der Waals surface area contributed by atoms with Gasteiger partial charge >= 0.3 is 0 Å². The molecule has 0 unspecified atom stereocenters. The van der Waals surface area contributed by atoms with Crippen molar-refractivity contribution in [1.29, 1.82) is 0 Å². The first-order valence-corrected chi connectivity index (χ1v) is 27.6. The quantitative estimate of drug-likeness (QED) is 0.258. The van der Waals surface area contributed by atoms with Crippen molar-refractivity contribution in [3.8, 4) is 11.3 Å². The second-order valence-corrected chi connectivity index (χ2v) is 53.0. The molecule has 0 saturated carbocycles. The predicted octanol–water partition coefficient (Wildman–Crippen LogP) is 7.86. The maximum absolute atomic E-state index is 6.15. The molecule has 0 N–H and O–H groups in total. The third-order valence-corrected chi connectivity index (χ3v) is 78.8. The summed E-state index contributed by atoms with van der Waals surface area (Å²) in [4.78, 5) is 5.14. The van der Waals surface area contributed by atoms with Crippen LogP contribution < -0.4 is 5.19 Å². The van der Waals surface area contributed by atoms with E-state index in [-0.39, 0.29) is 0 Å². The smallest absolute Gasteiger partial charge is 0.136 e. The zero-order chi connectivity index (χ0) is 24.4. The lowest BCUT2D eigenvalue weighted by Crippen LogP contribution is -2.88. The molecule has 2 aromatic carbocycles. The maximum atomic E-state index is 6.15. The van der Waals surface area contributed by atoms with E-state index < -0.39 is 29.4 Å². The van der Waals surface area contributed by atoms with Crippen molar-refractivity contribution in [2.45, 2.75) is 65.8 Å². The number of benzene rings is 2. The van der Waals surface area contributed by atoms with E-state index in [9.17, 15) is 0 Å². The number of pyridine rings is 1. The van der Waals surface area contributed by atoms with Crippen LogP contribution in [0.2, 0.25) is 58.9 Å². The van der Waals surface area contributed by atoms with E-state index in [0.29, 0.717) is 0 Å². The first kappa shape index (κ1) is 24.4.